The molecule has 4 heteroatoms. The molecule has 0 aromatic heterocycles. The van der Waals surface area contributed by atoms with Crippen molar-refractivity contribution >= 4 is 5.97 Å². The highest BCUT2D eigenvalue weighted by Crippen LogP contribution is 2.25. The molecule has 1 aromatic carbocycles. The molecular formula is C11H10FNO2. The van der Waals surface area contributed by atoms with Gasteiger partial charge in [0.25, 0.3) is 0 Å². The maximum atomic E-state index is 13.0. The summed E-state index contributed by atoms with van der Waals surface area (Å²) in [6.07, 6.45) is 0. The van der Waals surface area contributed by atoms with Gasteiger partial charge < -0.3 is 5.11 Å². The van der Waals surface area contributed by atoms with Crippen molar-refractivity contribution in [1.82, 2.24) is 0 Å². The number of halogens is 1. The molecule has 0 saturated heterocycles. The summed E-state index contributed by atoms with van der Waals surface area (Å²) in [5.41, 5.74) is -0.853. The zero-order valence-corrected chi connectivity index (χ0v) is 8.41. The van der Waals surface area contributed by atoms with Crippen LogP contribution in [0.4, 0.5) is 4.39 Å². The van der Waals surface area contributed by atoms with Crippen LogP contribution in [0.3, 0.4) is 0 Å². The quantitative estimate of drug-likeness (QED) is 0.807. The van der Waals surface area contributed by atoms with Crippen molar-refractivity contribution in [3.8, 4) is 6.07 Å². The van der Waals surface area contributed by atoms with Crippen molar-refractivity contribution in [3.63, 3.8) is 0 Å². The smallest absolute Gasteiger partial charge is 0.313 e. The third kappa shape index (κ3) is 1.96. The normalized spacial score (nSPS) is 10.8. The van der Waals surface area contributed by atoms with Gasteiger partial charge in [-0.2, -0.15) is 5.26 Å². The van der Waals surface area contributed by atoms with Gasteiger partial charge in [0.1, 0.15) is 11.9 Å². The summed E-state index contributed by atoms with van der Waals surface area (Å²) in [4.78, 5) is 10.9. The van der Waals surface area contributed by atoms with E-state index in [4.69, 9.17) is 10.4 Å². The van der Waals surface area contributed by atoms with Crippen LogP contribution >= 0.6 is 0 Å². The number of hydrogen-bond acceptors (Lipinski definition) is 2. The number of carboxylic acid groups (broad SMARTS) is 1. The lowest BCUT2D eigenvalue weighted by atomic mass is 9.84. The Morgan fingerprint density at radius 2 is 2.13 bits per heavy atom. The molecule has 1 rings (SSSR count). The largest absolute Gasteiger partial charge is 0.481 e. The molecule has 0 radical (unpaired) electrons. The zero-order valence-electron chi connectivity index (χ0n) is 8.41. The van der Waals surface area contributed by atoms with Crippen LogP contribution in [0.15, 0.2) is 18.2 Å². The minimum atomic E-state index is -1.13. The van der Waals surface area contributed by atoms with Crippen LogP contribution in [0.5, 0.6) is 0 Å². The highest BCUT2D eigenvalue weighted by atomic mass is 19.1. The van der Waals surface area contributed by atoms with Gasteiger partial charge in [0.2, 0.25) is 0 Å². The number of benzene rings is 1. The fourth-order valence-corrected chi connectivity index (χ4v) is 1.12. The second-order valence-electron chi connectivity index (χ2n) is 3.74. The molecule has 0 atom stereocenters. The lowest BCUT2D eigenvalue weighted by molar-refractivity contribution is -0.142. The van der Waals surface area contributed by atoms with Crippen molar-refractivity contribution in [2.75, 3.05) is 0 Å². The molecular weight excluding hydrogens is 197 g/mol. The molecule has 0 aliphatic carbocycles. The van der Waals surface area contributed by atoms with E-state index in [1.165, 1.54) is 26.0 Å². The number of nitriles is 1. The Morgan fingerprint density at radius 3 is 2.60 bits per heavy atom. The van der Waals surface area contributed by atoms with Gasteiger partial charge in [-0.25, -0.2) is 4.39 Å². The number of carboxylic acids is 1. The first kappa shape index (κ1) is 11.2. The minimum Gasteiger partial charge on any atom is -0.481 e. The van der Waals surface area contributed by atoms with Crippen LogP contribution in [0.1, 0.15) is 25.0 Å². The zero-order chi connectivity index (χ0) is 11.6. The van der Waals surface area contributed by atoms with Gasteiger partial charge in [0, 0.05) is 0 Å². The van der Waals surface area contributed by atoms with Gasteiger partial charge in [-0.1, -0.05) is 6.07 Å². The van der Waals surface area contributed by atoms with Crippen LogP contribution in [0, 0.1) is 17.1 Å². The topological polar surface area (TPSA) is 61.1 Å². The van der Waals surface area contributed by atoms with Gasteiger partial charge in [0.05, 0.1) is 11.0 Å². The molecule has 0 fully saturated rings. The van der Waals surface area contributed by atoms with Gasteiger partial charge in [-0.05, 0) is 31.5 Å². The molecule has 3 nitrogen and oxygen atoms in total. The summed E-state index contributed by atoms with van der Waals surface area (Å²) in [5.74, 6) is -1.65. The third-order valence-corrected chi connectivity index (χ3v) is 2.34. The summed E-state index contributed by atoms with van der Waals surface area (Å²) in [6, 6.07) is 5.43. The van der Waals surface area contributed by atoms with E-state index in [9.17, 15) is 9.18 Å². The molecule has 0 aliphatic rings. The van der Waals surface area contributed by atoms with Gasteiger partial charge >= 0.3 is 5.97 Å². The first-order valence-electron chi connectivity index (χ1n) is 4.33. The highest BCUT2D eigenvalue weighted by Gasteiger charge is 2.29. The van der Waals surface area contributed by atoms with E-state index < -0.39 is 17.2 Å². The summed E-state index contributed by atoms with van der Waals surface area (Å²) in [5, 5.41) is 17.6. The second-order valence-corrected chi connectivity index (χ2v) is 3.74. The average Bonchev–Trinajstić information content (AvgIpc) is 2.18. The van der Waals surface area contributed by atoms with E-state index in [1.54, 1.807) is 6.07 Å². The summed E-state index contributed by atoms with van der Waals surface area (Å²) < 4.78 is 13.0. The number of rotatable bonds is 2. The Balaban J connectivity index is 3.30. The molecule has 0 saturated carbocycles. The Labute approximate surface area is 86.8 Å². The molecule has 0 amide bonds. The van der Waals surface area contributed by atoms with Crippen LogP contribution in [-0.2, 0) is 10.2 Å². The van der Waals surface area contributed by atoms with Crippen molar-refractivity contribution in [2.45, 2.75) is 19.3 Å². The Kier molecular flexibility index (Phi) is 2.76. The number of hydrogen-bond donors (Lipinski definition) is 1. The van der Waals surface area contributed by atoms with Gasteiger partial charge in [0.15, 0.2) is 0 Å². The molecule has 1 aromatic rings. The first-order chi connectivity index (χ1) is 6.89. The molecule has 0 aliphatic heterocycles. The molecule has 1 N–H and O–H groups in total. The summed E-state index contributed by atoms with van der Waals surface area (Å²) >= 11 is 0. The maximum absolute atomic E-state index is 13.0. The van der Waals surface area contributed by atoms with Crippen molar-refractivity contribution in [1.29, 1.82) is 5.26 Å². The van der Waals surface area contributed by atoms with Crippen LogP contribution in [-0.4, -0.2) is 11.1 Å². The van der Waals surface area contributed by atoms with E-state index in [2.05, 4.69) is 0 Å². The monoisotopic (exact) mass is 207 g/mol. The third-order valence-electron chi connectivity index (χ3n) is 2.34. The predicted molar refractivity (Wildman–Crippen MR) is 51.8 cm³/mol. The van der Waals surface area contributed by atoms with Crippen LogP contribution < -0.4 is 0 Å². The second kappa shape index (κ2) is 3.70. The lowest BCUT2D eigenvalue weighted by Crippen LogP contribution is -2.28. The SMILES string of the molecule is CC(C)(C(=O)O)c1ccc(F)c(C#N)c1. The van der Waals surface area contributed by atoms with Gasteiger partial charge in [-0.3, -0.25) is 4.79 Å². The Bertz CT molecular complexity index is 446. The number of carbonyl (C=O) groups is 1. The van der Waals surface area contributed by atoms with Crippen molar-refractivity contribution < 1.29 is 14.3 Å². The minimum absolute atomic E-state index is 0.137. The van der Waals surface area contributed by atoms with Crippen LogP contribution in [0.2, 0.25) is 0 Å². The van der Waals surface area contributed by atoms with E-state index in [-0.39, 0.29) is 5.56 Å². The summed E-state index contributed by atoms with van der Waals surface area (Å²) in [6.45, 7) is 3.01. The predicted octanol–water partition coefficient (Wildman–Crippen LogP) is 2.06. The number of nitrogens with zero attached hydrogens (tertiary/aromatic N) is 1. The Hall–Kier alpha value is -1.89. The highest BCUT2D eigenvalue weighted by molar-refractivity contribution is 5.80. The molecule has 78 valence electrons. The van der Waals surface area contributed by atoms with Crippen LogP contribution in [0.25, 0.3) is 0 Å². The molecule has 0 spiro atoms. The standard InChI is InChI=1S/C11H10FNO2/c1-11(2,10(14)15)8-3-4-9(12)7(5-8)6-13/h3-5H,1-2H3,(H,14,15). The maximum Gasteiger partial charge on any atom is 0.313 e. The average molecular weight is 207 g/mol. The molecule has 0 heterocycles. The van der Waals surface area contributed by atoms with E-state index in [1.807, 2.05) is 0 Å². The molecule has 0 bridgehead atoms. The van der Waals surface area contributed by atoms with E-state index in [0.29, 0.717) is 5.56 Å². The fraction of sp³-hybridized carbons (Fsp3) is 0.273. The fourth-order valence-electron chi connectivity index (χ4n) is 1.12. The van der Waals surface area contributed by atoms with Crippen molar-refractivity contribution in [2.24, 2.45) is 0 Å². The van der Waals surface area contributed by atoms with Gasteiger partial charge in [-0.15, -0.1) is 0 Å². The number of aliphatic carboxylic acids is 1. The molecule has 0 unspecified atom stereocenters. The van der Waals surface area contributed by atoms with E-state index >= 15 is 0 Å². The first-order valence-corrected chi connectivity index (χ1v) is 4.33. The summed E-state index contributed by atoms with van der Waals surface area (Å²) in [7, 11) is 0. The Morgan fingerprint density at radius 1 is 1.53 bits per heavy atom. The van der Waals surface area contributed by atoms with Crippen molar-refractivity contribution in [3.05, 3.63) is 35.1 Å². The van der Waals surface area contributed by atoms with E-state index in [0.717, 1.165) is 6.07 Å². The lowest BCUT2D eigenvalue weighted by Gasteiger charge is -2.19. The molecule has 15 heavy (non-hydrogen) atoms.